The Balaban J connectivity index is 1.56. The monoisotopic (exact) mass is 369 g/mol. The first-order chi connectivity index (χ1) is 11.2. The molecule has 1 aromatic heterocycles. The molecular formula is C18H16BrN3O. The molecule has 0 saturated heterocycles. The molecule has 5 heteroatoms. The lowest BCUT2D eigenvalue weighted by molar-refractivity contribution is 0.206. The predicted octanol–water partition coefficient (Wildman–Crippen LogP) is 4.52. The molecule has 0 saturated carbocycles. The van der Waals surface area contributed by atoms with Crippen LogP contribution in [0.4, 0.5) is 10.5 Å². The summed E-state index contributed by atoms with van der Waals surface area (Å²) in [5.74, 6) is 0. The molecule has 4 rings (SSSR count). The van der Waals surface area contributed by atoms with Crippen molar-refractivity contribution in [2.24, 2.45) is 0 Å². The summed E-state index contributed by atoms with van der Waals surface area (Å²) in [6.07, 6.45) is 0.878. The number of hydrogen-bond donors (Lipinski definition) is 2. The molecule has 1 aliphatic rings. The number of anilines is 1. The number of nitrogens with zero attached hydrogens (tertiary/aromatic N) is 1. The first-order valence-corrected chi connectivity index (χ1v) is 8.40. The topological polar surface area (TPSA) is 48.1 Å². The molecule has 3 aromatic rings. The number of carbonyl (C=O) groups is 1. The van der Waals surface area contributed by atoms with Crippen LogP contribution in [0.3, 0.4) is 0 Å². The van der Waals surface area contributed by atoms with Gasteiger partial charge in [-0.3, -0.25) is 0 Å². The molecule has 0 fully saturated rings. The smallest absolute Gasteiger partial charge is 0.322 e. The van der Waals surface area contributed by atoms with Gasteiger partial charge >= 0.3 is 6.03 Å². The van der Waals surface area contributed by atoms with Crippen LogP contribution in [0.2, 0.25) is 0 Å². The van der Waals surface area contributed by atoms with Gasteiger partial charge in [-0.1, -0.05) is 30.3 Å². The standard InChI is InChI=1S/C18H16BrN3O/c19-14-6-2-4-8-16(14)21-18(23)22-10-9-13-12-5-1-3-7-15(12)20-17(13)11-22/h1-8,20H,9-11H2,(H,21,23). The molecule has 1 aliphatic heterocycles. The summed E-state index contributed by atoms with van der Waals surface area (Å²) in [6, 6.07) is 15.9. The second kappa shape index (κ2) is 5.74. The van der Waals surface area contributed by atoms with E-state index in [-0.39, 0.29) is 6.03 Å². The van der Waals surface area contributed by atoms with E-state index in [1.54, 1.807) is 0 Å². The molecular weight excluding hydrogens is 354 g/mol. The number of aromatic nitrogens is 1. The molecule has 0 bridgehead atoms. The molecule has 0 spiro atoms. The third kappa shape index (κ3) is 2.61. The molecule has 2 aromatic carbocycles. The number of urea groups is 1. The SMILES string of the molecule is O=C(Nc1ccccc1Br)N1CCc2c([nH]c3ccccc23)C1. The van der Waals surface area contributed by atoms with Gasteiger partial charge in [0.15, 0.2) is 0 Å². The molecule has 2 N–H and O–H groups in total. The minimum atomic E-state index is -0.0683. The Hall–Kier alpha value is -2.27. The normalized spacial score (nSPS) is 13.9. The van der Waals surface area contributed by atoms with Crippen LogP contribution in [0, 0.1) is 0 Å². The van der Waals surface area contributed by atoms with Crippen LogP contribution in [0.1, 0.15) is 11.3 Å². The van der Waals surface area contributed by atoms with E-state index in [2.05, 4.69) is 44.4 Å². The van der Waals surface area contributed by atoms with Crippen molar-refractivity contribution in [3.05, 3.63) is 64.3 Å². The maximum absolute atomic E-state index is 12.5. The summed E-state index contributed by atoms with van der Waals surface area (Å²) >= 11 is 3.46. The van der Waals surface area contributed by atoms with Crippen LogP contribution in [-0.2, 0) is 13.0 Å². The highest BCUT2D eigenvalue weighted by atomic mass is 79.9. The van der Waals surface area contributed by atoms with E-state index < -0.39 is 0 Å². The highest BCUT2D eigenvalue weighted by molar-refractivity contribution is 9.10. The maximum Gasteiger partial charge on any atom is 0.322 e. The second-order valence-corrected chi connectivity index (χ2v) is 6.56. The van der Waals surface area contributed by atoms with E-state index in [0.717, 1.165) is 34.3 Å². The van der Waals surface area contributed by atoms with Crippen molar-refractivity contribution in [3.8, 4) is 0 Å². The average molecular weight is 370 g/mol. The number of aromatic amines is 1. The first kappa shape index (κ1) is 14.3. The Morgan fingerprint density at radius 2 is 1.91 bits per heavy atom. The summed E-state index contributed by atoms with van der Waals surface area (Å²) in [5, 5.41) is 4.24. The van der Waals surface area contributed by atoms with Crippen molar-refractivity contribution >= 4 is 38.6 Å². The quantitative estimate of drug-likeness (QED) is 0.650. The fraction of sp³-hybridized carbons (Fsp3) is 0.167. The van der Waals surface area contributed by atoms with Gasteiger partial charge in [-0.05, 0) is 46.1 Å². The van der Waals surface area contributed by atoms with Gasteiger partial charge in [0.25, 0.3) is 0 Å². The minimum Gasteiger partial charge on any atom is -0.357 e. The Labute approximate surface area is 142 Å². The fourth-order valence-electron chi connectivity index (χ4n) is 3.12. The van der Waals surface area contributed by atoms with Gasteiger partial charge in [-0.2, -0.15) is 0 Å². The average Bonchev–Trinajstić information content (AvgIpc) is 2.94. The van der Waals surface area contributed by atoms with Gasteiger partial charge in [0.1, 0.15) is 0 Å². The number of nitrogens with one attached hydrogen (secondary N) is 2. The highest BCUT2D eigenvalue weighted by Crippen LogP contribution is 2.28. The third-order valence-electron chi connectivity index (χ3n) is 4.29. The van der Waals surface area contributed by atoms with Gasteiger partial charge in [0, 0.05) is 27.6 Å². The van der Waals surface area contributed by atoms with E-state index in [9.17, 15) is 4.79 Å². The molecule has 2 heterocycles. The molecule has 0 aliphatic carbocycles. The Morgan fingerprint density at radius 3 is 2.78 bits per heavy atom. The lowest BCUT2D eigenvalue weighted by Gasteiger charge is -2.27. The van der Waals surface area contributed by atoms with Crippen molar-refractivity contribution in [1.82, 2.24) is 9.88 Å². The molecule has 0 unspecified atom stereocenters. The van der Waals surface area contributed by atoms with Crippen molar-refractivity contribution < 1.29 is 4.79 Å². The Morgan fingerprint density at radius 1 is 1.13 bits per heavy atom. The number of para-hydroxylation sites is 2. The third-order valence-corrected chi connectivity index (χ3v) is 4.98. The van der Waals surface area contributed by atoms with E-state index in [1.807, 2.05) is 35.2 Å². The largest absolute Gasteiger partial charge is 0.357 e. The molecule has 4 nitrogen and oxygen atoms in total. The Bertz CT molecular complexity index is 887. The lowest BCUT2D eigenvalue weighted by Crippen LogP contribution is -2.38. The number of benzene rings is 2. The minimum absolute atomic E-state index is 0.0683. The van der Waals surface area contributed by atoms with Crippen LogP contribution in [0.15, 0.2) is 53.0 Å². The van der Waals surface area contributed by atoms with Crippen molar-refractivity contribution in [2.75, 3.05) is 11.9 Å². The lowest BCUT2D eigenvalue weighted by atomic mass is 10.0. The predicted molar refractivity (Wildman–Crippen MR) is 95.6 cm³/mol. The van der Waals surface area contributed by atoms with E-state index in [4.69, 9.17) is 0 Å². The van der Waals surface area contributed by atoms with E-state index in [1.165, 1.54) is 10.9 Å². The number of amides is 2. The van der Waals surface area contributed by atoms with Crippen molar-refractivity contribution in [1.29, 1.82) is 0 Å². The van der Waals surface area contributed by atoms with Gasteiger partial charge in [-0.25, -0.2) is 4.79 Å². The van der Waals surface area contributed by atoms with Gasteiger partial charge < -0.3 is 15.2 Å². The summed E-state index contributed by atoms with van der Waals surface area (Å²) in [5.41, 5.74) is 4.41. The molecule has 0 atom stereocenters. The van der Waals surface area contributed by atoms with Gasteiger partial charge in [0.2, 0.25) is 0 Å². The summed E-state index contributed by atoms with van der Waals surface area (Å²) in [6.45, 7) is 1.34. The number of H-pyrrole nitrogens is 1. The number of fused-ring (bicyclic) bond motifs is 3. The number of carbonyl (C=O) groups excluding carboxylic acids is 1. The molecule has 0 radical (unpaired) electrons. The van der Waals surface area contributed by atoms with Crippen molar-refractivity contribution in [3.63, 3.8) is 0 Å². The zero-order valence-electron chi connectivity index (χ0n) is 12.5. The molecule has 2 amide bonds. The van der Waals surface area contributed by atoms with Crippen molar-refractivity contribution in [2.45, 2.75) is 13.0 Å². The first-order valence-electron chi connectivity index (χ1n) is 7.61. The second-order valence-electron chi connectivity index (χ2n) is 5.71. The highest BCUT2D eigenvalue weighted by Gasteiger charge is 2.24. The van der Waals surface area contributed by atoms with Crippen LogP contribution in [0.25, 0.3) is 10.9 Å². The Kier molecular flexibility index (Phi) is 3.58. The number of halogens is 1. The summed E-state index contributed by atoms with van der Waals surface area (Å²) < 4.78 is 0.886. The summed E-state index contributed by atoms with van der Waals surface area (Å²) in [7, 11) is 0. The van der Waals surface area contributed by atoms with E-state index >= 15 is 0 Å². The number of hydrogen-bond acceptors (Lipinski definition) is 1. The van der Waals surface area contributed by atoms with Crippen LogP contribution >= 0.6 is 15.9 Å². The van der Waals surface area contributed by atoms with Crippen LogP contribution < -0.4 is 5.32 Å². The van der Waals surface area contributed by atoms with Crippen LogP contribution in [-0.4, -0.2) is 22.5 Å². The van der Waals surface area contributed by atoms with E-state index in [0.29, 0.717) is 6.54 Å². The zero-order valence-corrected chi connectivity index (χ0v) is 14.1. The number of rotatable bonds is 1. The zero-order chi connectivity index (χ0) is 15.8. The van der Waals surface area contributed by atoms with Gasteiger partial charge in [0.05, 0.1) is 12.2 Å². The maximum atomic E-state index is 12.5. The fourth-order valence-corrected chi connectivity index (χ4v) is 3.51. The molecule has 23 heavy (non-hydrogen) atoms. The summed E-state index contributed by atoms with van der Waals surface area (Å²) in [4.78, 5) is 17.8. The molecule has 116 valence electrons. The van der Waals surface area contributed by atoms with Crippen LogP contribution in [0.5, 0.6) is 0 Å². The van der Waals surface area contributed by atoms with Gasteiger partial charge in [-0.15, -0.1) is 0 Å².